The van der Waals surface area contributed by atoms with Gasteiger partial charge >= 0.3 is 0 Å². The zero-order chi connectivity index (χ0) is 18.5. The van der Waals surface area contributed by atoms with Gasteiger partial charge in [0, 0.05) is 30.1 Å². The Labute approximate surface area is 159 Å². The van der Waals surface area contributed by atoms with E-state index in [1.54, 1.807) is 12.5 Å². The zero-order valence-electron chi connectivity index (χ0n) is 15.3. The molecule has 27 heavy (non-hydrogen) atoms. The van der Waals surface area contributed by atoms with Crippen molar-refractivity contribution in [1.82, 2.24) is 5.32 Å². The summed E-state index contributed by atoms with van der Waals surface area (Å²) in [6.07, 6.45) is 4.14. The van der Waals surface area contributed by atoms with Crippen LogP contribution < -0.4 is 5.32 Å². The number of piperidine rings is 1. The fourth-order valence-corrected chi connectivity index (χ4v) is 3.61. The van der Waals surface area contributed by atoms with Crippen LogP contribution in [0.2, 0.25) is 0 Å². The average molecular weight is 357 g/mol. The number of furan rings is 1. The summed E-state index contributed by atoms with van der Waals surface area (Å²) < 4.78 is 5.30. The van der Waals surface area contributed by atoms with Gasteiger partial charge in [-0.1, -0.05) is 67.6 Å². The second kappa shape index (κ2) is 8.14. The molecule has 0 saturated carbocycles. The van der Waals surface area contributed by atoms with Crippen LogP contribution in [0.5, 0.6) is 0 Å². The predicted molar refractivity (Wildman–Crippen MR) is 109 cm³/mol. The van der Waals surface area contributed by atoms with Crippen LogP contribution >= 0.6 is 0 Å². The van der Waals surface area contributed by atoms with Gasteiger partial charge in [0.15, 0.2) is 0 Å². The minimum atomic E-state index is 0.197. The standard InChI is InChI=1S/C23H23N3O/c1-17-21(26-24-16-20-13-8-14-27-20)15-22(18-9-4-2-5-10-18)25-23(17)19-11-6-3-7-12-19/h2-14,16-17,22-23,25H,15H2,1H3/b24-16-,26-21+. The van der Waals surface area contributed by atoms with Crippen molar-refractivity contribution < 1.29 is 4.42 Å². The normalized spacial score (nSPS) is 24.5. The van der Waals surface area contributed by atoms with Crippen LogP contribution in [0.1, 0.15) is 42.3 Å². The zero-order valence-corrected chi connectivity index (χ0v) is 15.3. The second-order valence-electron chi connectivity index (χ2n) is 6.86. The maximum Gasteiger partial charge on any atom is 0.146 e. The lowest BCUT2D eigenvalue weighted by Crippen LogP contribution is -2.41. The maximum absolute atomic E-state index is 5.30. The molecule has 1 N–H and O–H groups in total. The number of rotatable bonds is 4. The minimum absolute atomic E-state index is 0.197. The fourth-order valence-electron chi connectivity index (χ4n) is 3.61. The molecule has 4 heteroatoms. The lowest BCUT2D eigenvalue weighted by Gasteiger charge is -2.37. The molecule has 1 saturated heterocycles. The summed E-state index contributed by atoms with van der Waals surface area (Å²) in [5, 5.41) is 12.7. The fraction of sp³-hybridized carbons (Fsp3) is 0.217. The highest BCUT2D eigenvalue weighted by atomic mass is 16.3. The van der Waals surface area contributed by atoms with Gasteiger partial charge in [-0.25, -0.2) is 0 Å². The SMILES string of the molecule is CC1/C(=N/N=C\c2ccco2)CC(c2ccccc2)NC1c1ccccc1. The third kappa shape index (κ3) is 4.07. The molecule has 0 amide bonds. The Morgan fingerprint density at radius 3 is 2.30 bits per heavy atom. The largest absolute Gasteiger partial charge is 0.463 e. The highest BCUT2D eigenvalue weighted by Crippen LogP contribution is 2.35. The van der Waals surface area contributed by atoms with Crippen LogP contribution in [-0.2, 0) is 0 Å². The summed E-state index contributed by atoms with van der Waals surface area (Å²) in [7, 11) is 0. The molecule has 4 rings (SSSR count). The summed E-state index contributed by atoms with van der Waals surface area (Å²) in [6.45, 7) is 2.22. The van der Waals surface area contributed by atoms with E-state index in [1.807, 2.05) is 24.3 Å². The molecule has 2 heterocycles. The van der Waals surface area contributed by atoms with E-state index in [1.165, 1.54) is 11.1 Å². The molecular formula is C23H23N3O. The number of nitrogens with one attached hydrogen (secondary N) is 1. The first kappa shape index (κ1) is 17.4. The number of nitrogens with zero attached hydrogens (tertiary/aromatic N) is 2. The maximum atomic E-state index is 5.30. The highest BCUT2D eigenvalue weighted by molar-refractivity contribution is 5.89. The van der Waals surface area contributed by atoms with Gasteiger partial charge in [-0.15, -0.1) is 0 Å². The summed E-state index contributed by atoms with van der Waals surface area (Å²) in [4.78, 5) is 0. The molecule has 0 aliphatic carbocycles. The van der Waals surface area contributed by atoms with E-state index in [-0.39, 0.29) is 18.0 Å². The monoisotopic (exact) mass is 357 g/mol. The van der Waals surface area contributed by atoms with Gasteiger partial charge in [0.1, 0.15) is 5.76 Å². The van der Waals surface area contributed by atoms with Crippen molar-refractivity contribution in [3.8, 4) is 0 Å². The lowest BCUT2D eigenvalue weighted by atomic mass is 9.81. The first-order valence-corrected chi connectivity index (χ1v) is 9.30. The van der Waals surface area contributed by atoms with Gasteiger partial charge in [0.25, 0.3) is 0 Å². The van der Waals surface area contributed by atoms with Gasteiger partial charge < -0.3 is 9.73 Å². The van der Waals surface area contributed by atoms with Crippen molar-refractivity contribution in [3.05, 3.63) is 95.9 Å². The van der Waals surface area contributed by atoms with E-state index < -0.39 is 0 Å². The molecule has 3 atom stereocenters. The van der Waals surface area contributed by atoms with Crippen LogP contribution in [0.4, 0.5) is 0 Å². The molecule has 3 unspecified atom stereocenters. The molecule has 0 spiro atoms. The first-order chi connectivity index (χ1) is 13.3. The Balaban J connectivity index is 1.64. The lowest BCUT2D eigenvalue weighted by molar-refractivity contribution is 0.364. The third-order valence-corrected chi connectivity index (χ3v) is 5.09. The molecule has 1 aliphatic heterocycles. The Hall–Kier alpha value is -2.98. The number of hydrogen-bond acceptors (Lipinski definition) is 4. The minimum Gasteiger partial charge on any atom is -0.463 e. The van der Waals surface area contributed by atoms with E-state index in [0.29, 0.717) is 5.76 Å². The van der Waals surface area contributed by atoms with Crippen molar-refractivity contribution >= 4 is 11.9 Å². The van der Waals surface area contributed by atoms with Crippen LogP contribution in [-0.4, -0.2) is 11.9 Å². The summed E-state index contributed by atoms with van der Waals surface area (Å²) in [5.41, 5.74) is 3.64. The Kier molecular flexibility index (Phi) is 5.26. The molecule has 0 bridgehead atoms. The van der Waals surface area contributed by atoms with Crippen molar-refractivity contribution in [3.63, 3.8) is 0 Å². The molecule has 1 aliphatic rings. The topological polar surface area (TPSA) is 49.9 Å². The van der Waals surface area contributed by atoms with Crippen molar-refractivity contribution in [1.29, 1.82) is 0 Å². The van der Waals surface area contributed by atoms with Gasteiger partial charge in [-0.2, -0.15) is 10.2 Å². The quantitative estimate of drug-likeness (QED) is 0.517. The summed E-state index contributed by atoms with van der Waals surface area (Å²) >= 11 is 0. The molecule has 4 nitrogen and oxygen atoms in total. The van der Waals surface area contributed by atoms with Gasteiger partial charge in [0.2, 0.25) is 0 Å². The Bertz CT molecular complexity index is 901. The third-order valence-electron chi connectivity index (χ3n) is 5.09. The van der Waals surface area contributed by atoms with E-state index in [4.69, 9.17) is 4.42 Å². The molecule has 136 valence electrons. The number of benzene rings is 2. The van der Waals surface area contributed by atoms with Crippen molar-refractivity contribution in [2.24, 2.45) is 16.1 Å². The summed E-state index contributed by atoms with van der Waals surface area (Å²) in [5.74, 6) is 0.960. The van der Waals surface area contributed by atoms with Crippen molar-refractivity contribution in [2.75, 3.05) is 0 Å². The van der Waals surface area contributed by atoms with Gasteiger partial charge in [-0.3, -0.25) is 0 Å². The average Bonchev–Trinajstić information content (AvgIpc) is 3.24. The molecule has 1 aromatic heterocycles. The van der Waals surface area contributed by atoms with E-state index in [0.717, 1.165) is 12.1 Å². The van der Waals surface area contributed by atoms with E-state index >= 15 is 0 Å². The van der Waals surface area contributed by atoms with Gasteiger partial charge in [0.05, 0.1) is 12.5 Å². The molecule has 3 aromatic rings. The van der Waals surface area contributed by atoms with Crippen LogP contribution in [0.25, 0.3) is 0 Å². The number of hydrogen-bond donors (Lipinski definition) is 1. The van der Waals surface area contributed by atoms with E-state index in [9.17, 15) is 0 Å². The predicted octanol–water partition coefficient (Wildman–Crippen LogP) is 5.17. The molecule has 0 radical (unpaired) electrons. The molecule has 1 fully saturated rings. The van der Waals surface area contributed by atoms with Crippen LogP contribution in [0.3, 0.4) is 0 Å². The van der Waals surface area contributed by atoms with Gasteiger partial charge in [-0.05, 0) is 23.3 Å². The molecule has 2 aromatic carbocycles. The highest BCUT2D eigenvalue weighted by Gasteiger charge is 2.33. The smallest absolute Gasteiger partial charge is 0.146 e. The van der Waals surface area contributed by atoms with Crippen LogP contribution in [0, 0.1) is 5.92 Å². The Morgan fingerprint density at radius 2 is 1.63 bits per heavy atom. The first-order valence-electron chi connectivity index (χ1n) is 9.30. The second-order valence-corrected chi connectivity index (χ2v) is 6.86. The van der Waals surface area contributed by atoms with E-state index in [2.05, 4.69) is 71.0 Å². The molecular weight excluding hydrogens is 334 g/mol. The van der Waals surface area contributed by atoms with Crippen LogP contribution in [0.15, 0.2) is 93.7 Å². The Morgan fingerprint density at radius 1 is 0.926 bits per heavy atom. The summed E-state index contributed by atoms with van der Waals surface area (Å²) in [6, 6.07) is 25.2. The van der Waals surface area contributed by atoms with Crippen molar-refractivity contribution in [2.45, 2.75) is 25.4 Å².